The van der Waals surface area contributed by atoms with Crippen molar-refractivity contribution in [1.29, 1.82) is 5.26 Å². The van der Waals surface area contributed by atoms with Crippen LogP contribution in [0, 0.1) is 17.1 Å². The average Bonchev–Trinajstić information content (AvgIpc) is 2.41. The minimum atomic E-state index is -1.22. The van der Waals surface area contributed by atoms with Gasteiger partial charge in [0, 0.05) is 6.07 Å². The minimum Gasteiger partial charge on any atom is -0.476 e. The molecular formula is C12H6FN3O3. The fraction of sp³-hybridized carbons (Fsp3) is 0. The number of ether oxygens (including phenoxy) is 1. The van der Waals surface area contributed by atoms with Gasteiger partial charge in [0.25, 0.3) is 0 Å². The lowest BCUT2D eigenvalue weighted by Gasteiger charge is -2.05. The molecule has 6 nitrogen and oxygen atoms in total. The Morgan fingerprint density at radius 3 is 2.63 bits per heavy atom. The molecule has 0 radical (unpaired) electrons. The molecule has 0 saturated heterocycles. The Morgan fingerprint density at radius 2 is 2.11 bits per heavy atom. The van der Waals surface area contributed by atoms with Crippen molar-refractivity contribution in [3.05, 3.63) is 47.4 Å². The van der Waals surface area contributed by atoms with Crippen LogP contribution in [0.15, 0.2) is 30.3 Å². The second kappa shape index (κ2) is 5.10. The predicted molar refractivity (Wildman–Crippen MR) is 60.2 cm³/mol. The highest BCUT2D eigenvalue weighted by molar-refractivity contribution is 5.84. The average molecular weight is 259 g/mol. The van der Waals surface area contributed by atoms with Gasteiger partial charge in [0.1, 0.15) is 0 Å². The molecule has 2 rings (SSSR count). The topological polar surface area (TPSA) is 96.1 Å². The van der Waals surface area contributed by atoms with E-state index in [1.165, 1.54) is 24.3 Å². The fourth-order valence-corrected chi connectivity index (χ4v) is 1.25. The van der Waals surface area contributed by atoms with Gasteiger partial charge in [0.2, 0.25) is 5.88 Å². The van der Waals surface area contributed by atoms with Crippen LogP contribution >= 0.6 is 0 Å². The second-order valence-electron chi connectivity index (χ2n) is 3.42. The van der Waals surface area contributed by atoms with Crippen molar-refractivity contribution < 1.29 is 19.0 Å². The third-order valence-electron chi connectivity index (χ3n) is 2.13. The summed E-state index contributed by atoms with van der Waals surface area (Å²) in [5.41, 5.74) is -0.0789. The molecule has 0 unspecified atom stereocenters. The summed E-state index contributed by atoms with van der Waals surface area (Å²) in [6.45, 7) is 0. The van der Waals surface area contributed by atoms with Crippen molar-refractivity contribution in [1.82, 2.24) is 10.2 Å². The lowest BCUT2D eigenvalue weighted by molar-refractivity contribution is 0.0689. The monoisotopic (exact) mass is 259 g/mol. The number of hydrogen-bond acceptors (Lipinski definition) is 5. The van der Waals surface area contributed by atoms with Crippen molar-refractivity contribution in [2.45, 2.75) is 0 Å². The number of hydrogen-bond donors (Lipinski definition) is 1. The van der Waals surface area contributed by atoms with E-state index in [0.717, 1.165) is 6.07 Å². The summed E-state index contributed by atoms with van der Waals surface area (Å²) in [6, 6.07) is 7.92. The zero-order valence-electron chi connectivity index (χ0n) is 9.37. The van der Waals surface area contributed by atoms with Crippen molar-refractivity contribution in [3.8, 4) is 17.7 Å². The summed E-state index contributed by atoms with van der Waals surface area (Å²) >= 11 is 0. The van der Waals surface area contributed by atoms with E-state index in [1.807, 2.05) is 0 Å². The first-order valence-corrected chi connectivity index (χ1v) is 5.04. The Labute approximate surface area is 106 Å². The molecule has 19 heavy (non-hydrogen) atoms. The number of carboxylic acids is 1. The molecule has 0 spiro atoms. The van der Waals surface area contributed by atoms with Crippen LogP contribution in [0.3, 0.4) is 0 Å². The number of carboxylic acid groups (broad SMARTS) is 1. The van der Waals surface area contributed by atoms with Crippen LogP contribution in [0.4, 0.5) is 4.39 Å². The van der Waals surface area contributed by atoms with Crippen molar-refractivity contribution >= 4 is 5.97 Å². The minimum absolute atomic E-state index is 0.0476. The molecule has 0 aliphatic rings. The second-order valence-corrected chi connectivity index (χ2v) is 3.42. The van der Waals surface area contributed by atoms with Gasteiger partial charge in [-0.05, 0) is 24.3 Å². The van der Waals surface area contributed by atoms with E-state index in [4.69, 9.17) is 15.1 Å². The van der Waals surface area contributed by atoms with Crippen LogP contribution in [0.1, 0.15) is 16.1 Å². The Kier molecular flexibility index (Phi) is 3.34. The van der Waals surface area contributed by atoms with Gasteiger partial charge in [-0.15, -0.1) is 10.2 Å². The Bertz CT molecular complexity index is 665. The van der Waals surface area contributed by atoms with Crippen molar-refractivity contribution in [2.75, 3.05) is 0 Å². The quantitative estimate of drug-likeness (QED) is 0.905. The Balaban J connectivity index is 2.22. The van der Waals surface area contributed by atoms with E-state index < -0.39 is 11.8 Å². The molecule has 94 valence electrons. The van der Waals surface area contributed by atoms with Gasteiger partial charge in [-0.1, -0.05) is 0 Å². The maximum atomic E-state index is 13.5. The lowest BCUT2D eigenvalue weighted by Crippen LogP contribution is -2.02. The molecule has 7 heteroatoms. The smallest absolute Gasteiger partial charge is 0.356 e. The maximum Gasteiger partial charge on any atom is 0.356 e. The van der Waals surface area contributed by atoms with Crippen LogP contribution in [0.5, 0.6) is 11.6 Å². The number of rotatable bonds is 3. The number of aromatic carboxylic acids is 1. The summed E-state index contributed by atoms with van der Waals surface area (Å²) in [5, 5.41) is 24.1. The molecule has 0 aliphatic heterocycles. The van der Waals surface area contributed by atoms with Gasteiger partial charge >= 0.3 is 5.97 Å². The van der Waals surface area contributed by atoms with Gasteiger partial charge in [-0.2, -0.15) is 5.26 Å². The summed E-state index contributed by atoms with van der Waals surface area (Å²) in [6.07, 6.45) is 0. The molecule has 1 N–H and O–H groups in total. The standard InChI is InChI=1S/C12H6FN3O3/c13-8-5-7(6-14)1-3-10(8)19-11-4-2-9(12(17)18)15-16-11/h1-5H,(H,17,18). The molecule has 1 aromatic heterocycles. The SMILES string of the molecule is N#Cc1ccc(Oc2ccc(C(=O)O)nn2)c(F)c1. The van der Waals surface area contributed by atoms with Crippen LogP contribution in [-0.2, 0) is 0 Å². The zero-order valence-corrected chi connectivity index (χ0v) is 9.37. The van der Waals surface area contributed by atoms with Gasteiger partial charge in [-0.25, -0.2) is 9.18 Å². The summed E-state index contributed by atoms with van der Waals surface area (Å²) < 4.78 is 18.6. The van der Waals surface area contributed by atoms with Gasteiger partial charge in [0.05, 0.1) is 11.6 Å². The maximum absolute atomic E-state index is 13.5. The van der Waals surface area contributed by atoms with Gasteiger partial charge in [-0.3, -0.25) is 0 Å². The van der Waals surface area contributed by atoms with E-state index in [1.54, 1.807) is 6.07 Å². The zero-order chi connectivity index (χ0) is 13.8. The first-order chi connectivity index (χ1) is 9.10. The first-order valence-electron chi connectivity index (χ1n) is 5.04. The highest BCUT2D eigenvalue weighted by Gasteiger charge is 2.09. The number of nitriles is 1. The number of benzene rings is 1. The fourth-order valence-electron chi connectivity index (χ4n) is 1.25. The Hall–Kier alpha value is -3.01. The van der Waals surface area contributed by atoms with Crippen LogP contribution in [-0.4, -0.2) is 21.3 Å². The van der Waals surface area contributed by atoms with Gasteiger partial charge < -0.3 is 9.84 Å². The molecule has 0 amide bonds. The highest BCUT2D eigenvalue weighted by Crippen LogP contribution is 2.23. The number of carbonyl (C=O) groups is 1. The van der Waals surface area contributed by atoms with E-state index >= 15 is 0 Å². The molecule has 0 saturated carbocycles. The van der Waals surface area contributed by atoms with E-state index in [2.05, 4.69) is 10.2 Å². The molecule has 0 aliphatic carbocycles. The van der Waals surface area contributed by atoms with Crippen molar-refractivity contribution in [2.24, 2.45) is 0 Å². The lowest BCUT2D eigenvalue weighted by atomic mass is 10.2. The molecule has 1 heterocycles. The number of aromatic nitrogens is 2. The largest absolute Gasteiger partial charge is 0.476 e. The molecule has 2 aromatic rings. The van der Waals surface area contributed by atoms with Crippen LogP contribution in [0.2, 0.25) is 0 Å². The van der Waals surface area contributed by atoms with E-state index in [-0.39, 0.29) is 22.9 Å². The Morgan fingerprint density at radius 1 is 1.32 bits per heavy atom. The number of nitrogens with zero attached hydrogens (tertiary/aromatic N) is 3. The normalized spacial score (nSPS) is 9.68. The van der Waals surface area contributed by atoms with Crippen molar-refractivity contribution in [3.63, 3.8) is 0 Å². The van der Waals surface area contributed by atoms with Crippen LogP contribution in [0.25, 0.3) is 0 Å². The first kappa shape index (κ1) is 12.4. The summed E-state index contributed by atoms with van der Waals surface area (Å²) in [7, 11) is 0. The molecule has 0 atom stereocenters. The predicted octanol–water partition coefficient (Wildman–Crippen LogP) is 1.98. The third-order valence-corrected chi connectivity index (χ3v) is 2.13. The van der Waals surface area contributed by atoms with Gasteiger partial charge in [0.15, 0.2) is 17.3 Å². The molecular weight excluding hydrogens is 253 g/mol. The number of halogens is 1. The van der Waals surface area contributed by atoms with E-state index in [9.17, 15) is 9.18 Å². The van der Waals surface area contributed by atoms with Crippen LogP contribution < -0.4 is 4.74 Å². The molecule has 0 bridgehead atoms. The highest BCUT2D eigenvalue weighted by atomic mass is 19.1. The third kappa shape index (κ3) is 2.81. The van der Waals surface area contributed by atoms with E-state index in [0.29, 0.717) is 0 Å². The summed E-state index contributed by atoms with van der Waals surface area (Å²) in [5.74, 6) is -2.11. The molecule has 1 aromatic carbocycles. The molecule has 0 fully saturated rings. The summed E-state index contributed by atoms with van der Waals surface area (Å²) in [4.78, 5) is 10.6.